The monoisotopic (exact) mass is 454 g/mol. The van der Waals surface area contributed by atoms with Crippen molar-refractivity contribution in [3.63, 3.8) is 0 Å². The molecule has 1 unspecified atom stereocenters. The van der Waals surface area contributed by atoms with E-state index in [1.165, 1.54) is 19.3 Å². The number of methoxy groups -OCH3 is 1. The topological polar surface area (TPSA) is 67.9 Å². The summed E-state index contributed by atoms with van der Waals surface area (Å²) < 4.78 is 11.3. The van der Waals surface area contributed by atoms with E-state index in [1.54, 1.807) is 7.11 Å². The third-order valence-electron chi connectivity index (χ3n) is 8.50. The predicted molar refractivity (Wildman–Crippen MR) is 126 cm³/mol. The number of ether oxygens (including phenoxy) is 2. The van der Waals surface area contributed by atoms with E-state index in [-0.39, 0.29) is 23.3 Å². The summed E-state index contributed by atoms with van der Waals surface area (Å²) in [6.45, 7) is 2.25. The molecule has 4 saturated carbocycles. The smallest absolute Gasteiger partial charge is 0.226 e. The van der Waals surface area contributed by atoms with Crippen LogP contribution in [0.2, 0.25) is 0 Å². The summed E-state index contributed by atoms with van der Waals surface area (Å²) in [5.41, 5.74) is 0.830. The Bertz CT molecular complexity index is 828. The molecule has 5 fully saturated rings. The molecule has 6 nitrogen and oxygen atoms in total. The Kier molecular flexibility index (Phi) is 6.64. The van der Waals surface area contributed by atoms with Crippen LogP contribution in [0.25, 0.3) is 0 Å². The van der Waals surface area contributed by atoms with Gasteiger partial charge in [-0.1, -0.05) is 18.2 Å². The van der Waals surface area contributed by atoms with Crippen LogP contribution in [0.3, 0.4) is 0 Å². The number of nitrogens with one attached hydrogen (secondary N) is 1. The first-order valence-corrected chi connectivity index (χ1v) is 12.8. The van der Waals surface area contributed by atoms with Gasteiger partial charge in [-0.15, -0.1) is 0 Å². The van der Waals surface area contributed by atoms with E-state index in [9.17, 15) is 9.59 Å². The number of amides is 2. The summed E-state index contributed by atoms with van der Waals surface area (Å²) in [4.78, 5) is 28.4. The van der Waals surface area contributed by atoms with Crippen molar-refractivity contribution < 1.29 is 19.1 Å². The molecule has 0 spiro atoms. The highest BCUT2D eigenvalue weighted by Gasteiger charge is 2.54. The molecule has 1 aromatic rings. The van der Waals surface area contributed by atoms with Crippen molar-refractivity contribution in [2.45, 2.75) is 70.4 Å². The Morgan fingerprint density at radius 2 is 1.82 bits per heavy atom. The van der Waals surface area contributed by atoms with Crippen LogP contribution in [0.1, 0.15) is 63.4 Å². The minimum Gasteiger partial charge on any atom is -0.496 e. The summed E-state index contributed by atoms with van der Waals surface area (Å²) >= 11 is 0. The Balaban J connectivity index is 1.19. The Morgan fingerprint density at radius 1 is 1.12 bits per heavy atom. The molecule has 1 heterocycles. The van der Waals surface area contributed by atoms with E-state index in [0.717, 1.165) is 67.8 Å². The SMILES string of the molecule is COc1ccccc1CN(CC1CCCO1)C(=O)CCNC(=O)C12CC3CC(CC(C3)C1)C2. The molecule has 2 amide bonds. The van der Waals surface area contributed by atoms with Crippen molar-refractivity contribution in [3.8, 4) is 5.75 Å². The molecule has 4 aliphatic carbocycles. The highest BCUT2D eigenvalue weighted by atomic mass is 16.5. The zero-order valence-electron chi connectivity index (χ0n) is 19.9. The quantitative estimate of drug-likeness (QED) is 0.614. The number of para-hydroxylation sites is 1. The fourth-order valence-electron chi connectivity index (χ4n) is 7.35. The van der Waals surface area contributed by atoms with E-state index in [4.69, 9.17) is 9.47 Å². The van der Waals surface area contributed by atoms with Gasteiger partial charge in [0.2, 0.25) is 11.8 Å². The first kappa shape index (κ1) is 22.7. The molecule has 180 valence electrons. The molecule has 5 aliphatic rings. The van der Waals surface area contributed by atoms with Crippen LogP contribution in [0.15, 0.2) is 24.3 Å². The number of benzene rings is 1. The number of carbonyl (C=O) groups is 2. The van der Waals surface area contributed by atoms with Gasteiger partial charge in [0.25, 0.3) is 0 Å². The molecule has 6 rings (SSSR count). The van der Waals surface area contributed by atoms with E-state index < -0.39 is 0 Å². The second-order valence-corrected chi connectivity index (χ2v) is 10.9. The fourth-order valence-corrected chi connectivity index (χ4v) is 7.35. The van der Waals surface area contributed by atoms with Gasteiger partial charge in [-0.05, 0) is 75.2 Å². The van der Waals surface area contributed by atoms with Gasteiger partial charge in [0, 0.05) is 43.6 Å². The van der Waals surface area contributed by atoms with Crippen molar-refractivity contribution in [1.29, 1.82) is 0 Å². The van der Waals surface area contributed by atoms with Crippen molar-refractivity contribution in [2.75, 3.05) is 26.8 Å². The number of nitrogens with zero attached hydrogens (tertiary/aromatic N) is 1. The average molecular weight is 455 g/mol. The van der Waals surface area contributed by atoms with E-state index >= 15 is 0 Å². The molecule has 0 aromatic heterocycles. The van der Waals surface area contributed by atoms with Gasteiger partial charge in [0.05, 0.1) is 13.2 Å². The molecule has 1 N–H and O–H groups in total. The van der Waals surface area contributed by atoms with Crippen LogP contribution < -0.4 is 10.1 Å². The highest BCUT2D eigenvalue weighted by Crippen LogP contribution is 2.60. The second-order valence-electron chi connectivity index (χ2n) is 10.9. The maximum atomic E-state index is 13.2. The van der Waals surface area contributed by atoms with Crippen molar-refractivity contribution >= 4 is 11.8 Å². The van der Waals surface area contributed by atoms with Gasteiger partial charge in [-0.25, -0.2) is 0 Å². The van der Waals surface area contributed by atoms with E-state index in [2.05, 4.69) is 5.32 Å². The summed E-state index contributed by atoms with van der Waals surface area (Å²) in [6.07, 6.45) is 9.57. The van der Waals surface area contributed by atoms with Gasteiger partial charge < -0.3 is 19.7 Å². The van der Waals surface area contributed by atoms with Gasteiger partial charge in [-0.2, -0.15) is 0 Å². The maximum absolute atomic E-state index is 13.2. The first-order chi connectivity index (χ1) is 16.0. The number of rotatable bonds is 9. The summed E-state index contributed by atoms with van der Waals surface area (Å²) in [5.74, 6) is 3.27. The lowest BCUT2D eigenvalue weighted by molar-refractivity contribution is -0.146. The van der Waals surface area contributed by atoms with Crippen molar-refractivity contribution in [3.05, 3.63) is 29.8 Å². The summed E-state index contributed by atoms with van der Waals surface area (Å²) in [6, 6.07) is 7.84. The van der Waals surface area contributed by atoms with Crippen LogP contribution in [0, 0.1) is 23.2 Å². The van der Waals surface area contributed by atoms with Crippen LogP contribution in [-0.4, -0.2) is 49.6 Å². The van der Waals surface area contributed by atoms with Gasteiger partial charge in [-0.3, -0.25) is 9.59 Å². The van der Waals surface area contributed by atoms with Gasteiger partial charge >= 0.3 is 0 Å². The Labute approximate surface area is 197 Å². The average Bonchev–Trinajstić information content (AvgIpc) is 3.31. The third kappa shape index (κ3) is 4.91. The molecule has 0 radical (unpaired) electrons. The molecular weight excluding hydrogens is 416 g/mol. The van der Waals surface area contributed by atoms with Crippen molar-refractivity contribution in [1.82, 2.24) is 10.2 Å². The third-order valence-corrected chi connectivity index (χ3v) is 8.50. The zero-order chi connectivity index (χ0) is 22.8. The largest absolute Gasteiger partial charge is 0.496 e. The molecule has 33 heavy (non-hydrogen) atoms. The van der Waals surface area contributed by atoms with E-state index in [0.29, 0.717) is 26.1 Å². The molecule has 4 bridgehead atoms. The molecule has 1 aromatic carbocycles. The standard InChI is InChI=1S/C27H38N2O4/c1-32-24-7-3-2-5-22(24)17-29(18-23-6-4-10-33-23)25(30)8-9-28-26(31)27-14-19-11-20(15-27)13-21(12-19)16-27/h2-3,5,7,19-21,23H,4,6,8-18H2,1H3,(H,28,31). The van der Waals surface area contributed by atoms with E-state index in [1.807, 2.05) is 29.2 Å². The molecule has 1 atom stereocenters. The minimum atomic E-state index is -0.160. The Morgan fingerprint density at radius 3 is 2.45 bits per heavy atom. The second kappa shape index (κ2) is 9.65. The molecule has 1 aliphatic heterocycles. The highest BCUT2D eigenvalue weighted by molar-refractivity contribution is 5.84. The normalized spacial score (nSPS) is 32.0. The van der Waals surface area contributed by atoms with Gasteiger partial charge in [0.15, 0.2) is 0 Å². The molecule has 6 heteroatoms. The lowest BCUT2D eigenvalue weighted by Crippen LogP contribution is -2.53. The van der Waals surface area contributed by atoms with Crippen molar-refractivity contribution in [2.24, 2.45) is 23.2 Å². The van der Waals surface area contributed by atoms with Crippen LogP contribution >= 0.6 is 0 Å². The van der Waals surface area contributed by atoms with Crippen LogP contribution in [0.4, 0.5) is 0 Å². The van der Waals surface area contributed by atoms with Crippen LogP contribution in [0.5, 0.6) is 5.75 Å². The molecular formula is C27H38N2O4. The minimum absolute atomic E-state index is 0.0576. The zero-order valence-corrected chi connectivity index (χ0v) is 19.9. The lowest BCUT2D eigenvalue weighted by Gasteiger charge is -2.55. The summed E-state index contributed by atoms with van der Waals surface area (Å²) in [5, 5.41) is 3.16. The first-order valence-electron chi connectivity index (χ1n) is 12.8. The van der Waals surface area contributed by atoms with Crippen LogP contribution in [-0.2, 0) is 20.9 Å². The fraction of sp³-hybridized carbons (Fsp3) is 0.704. The molecule has 1 saturated heterocycles. The number of carbonyl (C=O) groups excluding carboxylic acids is 2. The Hall–Kier alpha value is -2.08. The number of hydrogen-bond acceptors (Lipinski definition) is 4. The predicted octanol–water partition coefficient (Wildman–Crippen LogP) is 3.93. The summed E-state index contributed by atoms with van der Waals surface area (Å²) in [7, 11) is 1.66. The lowest BCUT2D eigenvalue weighted by atomic mass is 9.49. The maximum Gasteiger partial charge on any atom is 0.226 e. The van der Waals surface area contributed by atoms with Gasteiger partial charge in [0.1, 0.15) is 5.75 Å². The number of hydrogen-bond donors (Lipinski definition) is 1.